The maximum atomic E-state index is 12.1. The molecule has 0 radical (unpaired) electrons. The summed E-state index contributed by atoms with van der Waals surface area (Å²) in [7, 11) is 27.3. The first-order chi connectivity index (χ1) is 68.8. The van der Waals surface area contributed by atoms with Crippen molar-refractivity contribution in [1.29, 1.82) is 0 Å². The minimum atomic E-state index is -3.54. The Kier molecular flexibility index (Phi) is 41.5. The number of rotatable bonds is 23. The van der Waals surface area contributed by atoms with Gasteiger partial charge >= 0.3 is 0 Å². The number of anilines is 12. The molecular weight excluding hydrogens is 2280 g/mol. The van der Waals surface area contributed by atoms with Crippen LogP contribution in [0.5, 0.6) is 0 Å². The van der Waals surface area contributed by atoms with Crippen LogP contribution in [-0.4, -0.2) is 256 Å². The molecule has 0 saturated carbocycles. The normalized spacial score (nSPS) is 19.1. The lowest BCUT2D eigenvalue weighted by molar-refractivity contribution is 0.122. The molecule has 9 aromatic heterocycles. The van der Waals surface area contributed by atoms with E-state index >= 15 is 0 Å². The van der Waals surface area contributed by atoms with Crippen LogP contribution in [0, 0.1) is 20.8 Å². The molecule has 780 valence electrons. The molecule has 144 heavy (non-hydrogen) atoms. The van der Waals surface area contributed by atoms with Gasteiger partial charge in [0, 0.05) is 151 Å². The molecule has 0 aliphatic carbocycles. The van der Waals surface area contributed by atoms with E-state index in [2.05, 4.69) is 244 Å². The number of hydrogen-bond acceptors (Lipinski definition) is 30. The fourth-order valence-electron chi connectivity index (χ4n) is 18.2. The molecule has 3 N–H and O–H groups in total. The number of morpholine rings is 3. The first-order valence-corrected chi connectivity index (χ1v) is 88.4. The molecule has 3 aromatic carbocycles. The van der Waals surface area contributed by atoms with Crippen LogP contribution in [0.25, 0.3) is 49.7 Å². The van der Waals surface area contributed by atoms with E-state index in [4.69, 9.17) is 59.4 Å². The number of ether oxygens (including phenoxy) is 3. The quantitative estimate of drug-likeness (QED) is 0.0501. The van der Waals surface area contributed by atoms with E-state index in [0.29, 0.717) is 73.6 Å². The largest absolute Gasteiger partial charge is 0.378 e. The number of sulfonamides is 3. The van der Waals surface area contributed by atoms with Crippen molar-refractivity contribution in [2.45, 2.75) is 116 Å². The smallest absolute Gasteiger partial charge is 0.239 e. The number of aromatic nitrogens is 15. The molecule has 9 fully saturated rings. The van der Waals surface area contributed by atoms with E-state index in [9.17, 15) is 25.3 Å². The van der Waals surface area contributed by atoms with Crippen molar-refractivity contribution in [2.75, 3.05) is 215 Å². The minimum Gasteiger partial charge on any atom is -0.378 e. The summed E-state index contributed by atoms with van der Waals surface area (Å²) < 4.78 is 103. The molecular formula is C84H132N27O9P21S3. The van der Waals surface area contributed by atoms with Crippen LogP contribution in [0.1, 0.15) is 129 Å². The Balaban J connectivity index is 0.000000140. The van der Waals surface area contributed by atoms with Gasteiger partial charge in [0.05, 0.1) is 110 Å². The van der Waals surface area contributed by atoms with Crippen LogP contribution in [0.3, 0.4) is 0 Å². The molecule has 9 aliphatic heterocycles. The van der Waals surface area contributed by atoms with Crippen molar-refractivity contribution in [3.8, 4) is 0 Å². The molecule has 12 aromatic rings. The Hall–Kier alpha value is -2.10. The molecule has 9 aliphatic rings. The summed E-state index contributed by atoms with van der Waals surface area (Å²) in [5, 5.41) is 18.2. The third-order valence-corrected chi connectivity index (χ3v) is 117. The highest BCUT2D eigenvalue weighted by molar-refractivity contribution is 9.06. The Bertz CT molecular complexity index is 6250. The first kappa shape index (κ1) is 114. The zero-order chi connectivity index (χ0) is 102. The number of nitrogens with zero attached hydrogens (tertiary/aromatic N) is 24. The number of fused-ring (bicyclic) bond motifs is 6. The van der Waals surface area contributed by atoms with Crippen molar-refractivity contribution >= 4 is 323 Å². The van der Waals surface area contributed by atoms with E-state index < -0.39 is 30.1 Å². The zero-order valence-electron chi connectivity index (χ0n) is 81.5. The third kappa shape index (κ3) is 29.8. The number of hydrogen-bond donors (Lipinski definition) is 3. The molecule has 18 heterocycles. The van der Waals surface area contributed by atoms with Crippen molar-refractivity contribution in [3.05, 3.63) is 125 Å². The van der Waals surface area contributed by atoms with Gasteiger partial charge in [-0.3, -0.25) is 14.2 Å². The van der Waals surface area contributed by atoms with E-state index in [-0.39, 0.29) is 84.9 Å². The minimum absolute atomic E-state index is 0.0415. The number of benzene rings is 3. The van der Waals surface area contributed by atoms with E-state index in [1.807, 2.05) is 70.7 Å². The first-order valence-electron chi connectivity index (χ1n) is 47.4. The second kappa shape index (κ2) is 52.2. The molecule has 21 rings (SSSR count). The molecule has 0 bridgehead atoms. The highest BCUT2D eigenvalue weighted by Gasteiger charge is 2.37. The van der Waals surface area contributed by atoms with Crippen LogP contribution in [0.2, 0.25) is 0 Å². The SMILES string of the molecule is Cc1ccc2nc(NS(C)(=O)=O)nc(N3CCCCC3c3cc4nc(N5CCC5)cc(N5CCOCC5)n4n3)c2c1.Cc1ccc2nc(NS(C)(=O)=O)nc(N3CCCC[C@@H]3c3cc4nc(N5CCC5)cc(N5CCOCC5)n4n3)c2c1.Cc1ccc2nc(NS(C)(=O)=O)nc(N3CCCC[C@H]3c3cc4nc(N5CCC5)cc(N5CCOCC5)n4n3)c2c1.PP(P)P(P)P.PP(P)P(P)P(P)P.PPP(P)P(P)P. The average molecular weight is 2410 g/mol. The van der Waals surface area contributed by atoms with E-state index in [0.717, 1.165) is 284 Å². The molecule has 16 unspecified atom stereocenters. The number of piperidine rings is 3. The standard InChI is InChI=1S/3C28H35N9O3S.H10P8.H9P7.H8P6/c3*1-19-7-8-21-20(16-19)27(31-28(29-21)33-41(2,38)39)36-11-4-3-6-23(36)22-17-25-30-24(34-9-5-10-34)18-26(37(25)32-22)35-12-14-40-15-13-35;1-6(2)8(5)7(3)4;1-5-7(4)6(2)3;1-5(2)6(3)4/h3*7-8,16-18,23H,3-6,9-15H2,1-2H3,(H,29,31,33);1-5H2;5H,1-4H2;1-4H2/t2*23-;;;;/m10..../s1. The van der Waals surface area contributed by atoms with Crippen LogP contribution in [0.15, 0.2) is 91.0 Å². The lowest BCUT2D eigenvalue weighted by atomic mass is 9.98. The van der Waals surface area contributed by atoms with E-state index in [1.165, 1.54) is 19.3 Å². The van der Waals surface area contributed by atoms with Gasteiger partial charge in [0.1, 0.15) is 52.4 Å². The lowest BCUT2D eigenvalue weighted by Gasteiger charge is -2.36. The Morgan fingerprint density at radius 1 is 0.326 bits per heavy atom. The zero-order valence-corrected chi connectivity index (χ0v) is 106. The summed E-state index contributed by atoms with van der Waals surface area (Å²) in [5.74, 6) is 8.47. The third-order valence-electron chi connectivity index (χ3n) is 25.6. The van der Waals surface area contributed by atoms with E-state index in [1.54, 1.807) is 0 Å². The van der Waals surface area contributed by atoms with Gasteiger partial charge in [0.2, 0.25) is 47.9 Å². The highest BCUT2D eigenvalue weighted by atomic mass is 33.1. The van der Waals surface area contributed by atoms with Crippen LogP contribution >= 0.6 is 173 Å². The maximum absolute atomic E-state index is 12.1. The number of aryl methyl sites for hydroxylation is 3. The summed E-state index contributed by atoms with van der Waals surface area (Å²) in [6, 6.07) is 30.6. The predicted octanol–water partition coefficient (Wildman–Crippen LogP) is 20.2. The summed E-state index contributed by atoms with van der Waals surface area (Å²) in [6.45, 7) is 24.9. The number of nitrogens with one attached hydrogen (secondary N) is 3. The van der Waals surface area contributed by atoms with Gasteiger partial charge in [-0.2, -0.15) is 43.8 Å². The Morgan fingerprint density at radius 3 is 0.819 bits per heavy atom. The van der Waals surface area contributed by atoms with Gasteiger partial charge in [0.15, 0.2) is 16.9 Å². The van der Waals surface area contributed by atoms with Crippen molar-refractivity contribution in [3.63, 3.8) is 0 Å². The summed E-state index contributed by atoms with van der Waals surface area (Å²) >= 11 is 0. The second-order valence-corrected chi connectivity index (χ2v) is 112. The summed E-state index contributed by atoms with van der Waals surface area (Å²) in [4.78, 5) is 63.7. The van der Waals surface area contributed by atoms with Crippen LogP contribution in [-0.2, 0) is 44.3 Å². The summed E-state index contributed by atoms with van der Waals surface area (Å²) in [5.41, 5.74) is 10.7. The van der Waals surface area contributed by atoms with Crippen LogP contribution < -0.4 is 58.3 Å². The van der Waals surface area contributed by atoms with Gasteiger partial charge in [-0.25, -0.2) is 55.2 Å². The van der Waals surface area contributed by atoms with Gasteiger partial charge in [-0.15, -0.1) is 116 Å². The van der Waals surface area contributed by atoms with Gasteiger partial charge < -0.3 is 58.3 Å². The van der Waals surface area contributed by atoms with Gasteiger partial charge in [-0.05, 0) is 183 Å². The van der Waals surface area contributed by atoms with Gasteiger partial charge in [-0.1, -0.05) is 42.8 Å². The lowest BCUT2D eigenvalue weighted by Crippen LogP contribution is -2.40. The molecule has 36 nitrogen and oxygen atoms in total. The topological polar surface area (TPSA) is 363 Å². The molecule has 9 saturated heterocycles. The fraction of sp³-hybridized carbons (Fsp3) is 0.500. The van der Waals surface area contributed by atoms with Crippen molar-refractivity contribution < 1.29 is 39.5 Å². The fourth-order valence-corrected chi connectivity index (χ4v) is 64.4. The van der Waals surface area contributed by atoms with Crippen LogP contribution in [0.4, 0.5) is 70.2 Å². The average Bonchev–Trinajstić information content (AvgIpc) is 1.28. The highest BCUT2D eigenvalue weighted by Crippen LogP contribution is 3.00. The molecule has 18 atom stereocenters. The maximum Gasteiger partial charge on any atom is 0.239 e. The van der Waals surface area contributed by atoms with Crippen molar-refractivity contribution in [2.24, 2.45) is 0 Å². The predicted molar refractivity (Wildman–Crippen MR) is 662 cm³/mol. The summed E-state index contributed by atoms with van der Waals surface area (Å²) in [6.07, 6.45) is 15.8. The molecule has 60 heteroatoms. The molecule has 0 spiro atoms. The molecule has 0 amide bonds. The van der Waals surface area contributed by atoms with Crippen molar-refractivity contribution in [1.82, 2.24) is 73.7 Å². The second-order valence-electron chi connectivity index (χ2n) is 36.4. The monoisotopic (exact) mass is 2410 g/mol. The van der Waals surface area contributed by atoms with Gasteiger partial charge in [0.25, 0.3) is 0 Å². The Morgan fingerprint density at radius 2 is 0.604 bits per heavy atom. The Labute approximate surface area is 884 Å².